The lowest BCUT2D eigenvalue weighted by molar-refractivity contribution is 0.0975. The molecule has 0 radical (unpaired) electrons. The van der Waals surface area contributed by atoms with Crippen molar-refractivity contribution in [2.45, 2.75) is 39.2 Å². The second kappa shape index (κ2) is 7.08. The largest absolute Gasteiger partial charge is 0.383 e. The second-order valence-electron chi connectivity index (χ2n) is 7.55. The molecule has 1 fully saturated rings. The monoisotopic (exact) mass is 376 g/mol. The number of rotatable bonds is 4. The van der Waals surface area contributed by atoms with Gasteiger partial charge >= 0.3 is 0 Å². The third kappa shape index (κ3) is 3.61. The number of carbonyl (C=O) groups is 1. The SMILES string of the molecule is CC(C)n1cc(C#Cc2cc(F)cc(C(=O)CC3CC3)c2)c2c(N)ncnc21. The normalized spacial score (nSPS) is 13.6. The van der Waals surface area contributed by atoms with E-state index in [1.807, 2.05) is 24.6 Å². The van der Waals surface area contributed by atoms with Crippen molar-refractivity contribution in [3.8, 4) is 11.8 Å². The van der Waals surface area contributed by atoms with Crippen LogP contribution in [0.15, 0.2) is 30.7 Å². The summed E-state index contributed by atoms with van der Waals surface area (Å²) in [6, 6.07) is 4.45. The van der Waals surface area contributed by atoms with Crippen molar-refractivity contribution in [3.63, 3.8) is 0 Å². The molecule has 4 rings (SSSR count). The lowest BCUT2D eigenvalue weighted by Crippen LogP contribution is -2.01. The van der Waals surface area contributed by atoms with E-state index in [1.54, 1.807) is 6.07 Å². The summed E-state index contributed by atoms with van der Waals surface area (Å²) < 4.78 is 16.0. The Hall–Kier alpha value is -3.20. The zero-order valence-electron chi connectivity index (χ0n) is 15.9. The van der Waals surface area contributed by atoms with Crippen LogP contribution in [-0.2, 0) is 0 Å². The Kier molecular flexibility index (Phi) is 4.60. The average molecular weight is 376 g/mol. The molecule has 6 heteroatoms. The highest BCUT2D eigenvalue weighted by Gasteiger charge is 2.25. The summed E-state index contributed by atoms with van der Waals surface area (Å²) in [6.07, 6.45) is 5.95. The Morgan fingerprint density at radius 1 is 1.29 bits per heavy atom. The maximum atomic E-state index is 14.0. The summed E-state index contributed by atoms with van der Waals surface area (Å²) >= 11 is 0. The Morgan fingerprint density at radius 3 is 2.79 bits per heavy atom. The van der Waals surface area contributed by atoms with Gasteiger partial charge in [0.1, 0.15) is 23.6 Å². The number of fused-ring (bicyclic) bond motifs is 1. The lowest BCUT2D eigenvalue weighted by atomic mass is 10.0. The number of carbonyl (C=O) groups excluding carboxylic acids is 1. The minimum atomic E-state index is -0.460. The average Bonchev–Trinajstić information content (AvgIpc) is 3.37. The van der Waals surface area contributed by atoms with Crippen LogP contribution in [0.3, 0.4) is 0 Å². The molecule has 1 aliphatic carbocycles. The van der Waals surface area contributed by atoms with Crippen molar-refractivity contribution in [1.82, 2.24) is 14.5 Å². The van der Waals surface area contributed by atoms with E-state index in [2.05, 4.69) is 21.8 Å². The Balaban J connectivity index is 1.73. The van der Waals surface area contributed by atoms with Crippen LogP contribution >= 0.6 is 0 Å². The van der Waals surface area contributed by atoms with Crippen molar-refractivity contribution < 1.29 is 9.18 Å². The Bertz CT molecular complexity index is 1130. The molecular weight excluding hydrogens is 355 g/mol. The van der Waals surface area contributed by atoms with E-state index in [-0.39, 0.29) is 11.8 Å². The number of halogens is 1. The topological polar surface area (TPSA) is 73.8 Å². The number of ketones is 1. The van der Waals surface area contributed by atoms with Crippen LogP contribution in [0.2, 0.25) is 0 Å². The lowest BCUT2D eigenvalue weighted by Gasteiger charge is -2.07. The van der Waals surface area contributed by atoms with E-state index < -0.39 is 5.82 Å². The standard InChI is InChI=1S/C22H21FN4O/c1-13(2)27-11-16(20-21(24)25-12-26-22(20)27)6-5-15-7-17(10-18(23)8-15)19(28)9-14-3-4-14/h7-8,10-14H,3-4,9H2,1-2H3,(H2,24,25,26). The summed E-state index contributed by atoms with van der Waals surface area (Å²) in [5.41, 5.74) is 8.27. The molecule has 0 saturated heterocycles. The van der Waals surface area contributed by atoms with Gasteiger partial charge in [-0.25, -0.2) is 14.4 Å². The van der Waals surface area contributed by atoms with Gasteiger partial charge in [-0.15, -0.1) is 0 Å². The van der Waals surface area contributed by atoms with Gasteiger partial charge in [0.2, 0.25) is 0 Å². The maximum absolute atomic E-state index is 14.0. The highest BCUT2D eigenvalue weighted by Crippen LogP contribution is 2.33. The number of anilines is 1. The molecular formula is C22H21FN4O. The minimum absolute atomic E-state index is 0.0286. The molecule has 1 aliphatic rings. The van der Waals surface area contributed by atoms with Crippen molar-refractivity contribution in [3.05, 3.63) is 53.2 Å². The van der Waals surface area contributed by atoms with Crippen LogP contribution in [0.25, 0.3) is 11.0 Å². The van der Waals surface area contributed by atoms with Gasteiger partial charge in [-0.1, -0.05) is 11.8 Å². The van der Waals surface area contributed by atoms with Crippen molar-refractivity contribution in [1.29, 1.82) is 0 Å². The first kappa shape index (κ1) is 18.2. The summed E-state index contributed by atoms with van der Waals surface area (Å²) in [7, 11) is 0. The first-order valence-electron chi connectivity index (χ1n) is 9.39. The molecule has 3 aromatic rings. The summed E-state index contributed by atoms with van der Waals surface area (Å²) in [6.45, 7) is 4.08. The van der Waals surface area contributed by atoms with Crippen LogP contribution in [0.4, 0.5) is 10.2 Å². The van der Waals surface area contributed by atoms with Gasteiger partial charge in [0.25, 0.3) is 0 Å². The molecule has 0 atom stereocenters. The zero-order chi connectivity index (χ0) is 19.8. The molecule has 0 aliphatic heterocycles. The van der Waals surface area contributed by atoms with Crippen LogP contribution in [-0.4, -0.2) is 20.3 Å². The molecule has 2 aromatic heterocycles. The van der Waals surface area contributed by atoms with E-state index in [4.69, 9.17) is 5.73 Å². The van der Waals surface area contributed by atoms with Gasteiger partial charge in [0.15, 0.2) is 5.78 Å². The molecule has 1 saturated carbocycles. The number of nitrogen functional groups attached to an aromatic ring is 1. The zero-order valence-corrected chi connectivity index (χ0v) is 15.9. The van der Waals surface area contributed by atoms with E-state index in [9.17, 15) is 9.18 Å². The molecule has 2 N–H and O–H groups in total. The van der Waals surface area contributed by atoms with Crippen molar-refractivity contribution in [2.75, 3.05) is 5.73 Å². The Labute approximate surface area is 162 Å². The smallest absolute Gasteiger partial charge is 0.163 e. The highest BCUT2D eigenvalue weighted by atomic mass is 19.1. The van der Waals surface area contributed by atoms with Crippen LogP contribution in [0.5, 0.6) is 0 Å². The van der Waals surface area contributed by atoms with E-state index in [1.165, 1.54) is 18.5 Å². The van der Waals surface area contributed by atoms with Crippen molar-refractivity contribution in [2.24, 2.45) is 5.92 Å². The number of hydrogen-bond acceptors (Lipinski definition) is 4. The van der Waals surface area contributed by atoms with E-state index >= 15 is 0 Å². The number of nitrogens with two attached hydrogens (primary N) is 1. The number of nitrogens with zero attached hydrogens (tertiary/aromatic N) is 3. The number of Topliss-reactive ketones (excluding diaryl/α,β-unsaturated/α-hetero) is 1. The molecule has 0 amide bonds. The number of benzene rings is 1. The second-order valence-corrected chi connectivity index (χ2v) is 7.55. The van der Waals surface area contributed by atoms with Gasteiger partial charge in [-0.3, -0.25) is 4.79 Å². The summed E-state index contributed by atoms with van der Waals surface area (Å²) in [5, 5.41) is 0.685. The highest BCUT2D eigenvalue weighted by molar-refractivity contribution is 5.97. The summed E-state index contributed by atoms with van der Waals surface area (Å²) in [4.78, 5) is 20.7. The molecule has 5 nitrogen and oxygen atoms in total. The fraction of sp³-hybridized carbons (Fsp3) is 0.318. The molecule has 2 heterocycles. The summed E-state index contributed by atoms with van der Waals surface area (Å²) in [5.74, 6) is 6.35. The van der Waals surface area contributed by atoms with Gasteiger partial charge in [-0.2, -0.15) is 0 Å². The van der Waals surface area contributed by atoms with Crippen LogP contribution < -0.4 is 5.73 Å². The molecule has 28 heavy (non-hydrogen) atoms. The predicted molar refractivity (Wildman–Crippen MR) is 106 cm³/mol. The van der Waals surface area contributed by atoms with Gasteiger partial charge in [0.05, 0.1) is 10.9 Å². The molecule has 1 aromatic carbocycles. The third-order valence-electron chi connectivity index (χ3n) is 4.93. The number of hydrogen-bond donors (Lipinski definition) is 1. The molecule has 142 valence electrons. The van der Waals surface area contributed by atoms with Crippen molar-refractivity contribution >= 4 is 22.6 Å². The first-order chi connectivity index (χ1) is 13.4. The molecule has 0 spiro atoms. The quantitative estimate of drug-likeness (QED) is 0.549. The van der Waals surface area contributed by atoms with Crippen LogP contribution in [0, 0.1) is 23.6 Å². The molecule has 0 bridgehead atoms. The van der Waals surface area contributed by atoms with Gasteiger partial charge < -0.3 is 10.3 Å². The van der Waals surface area contributed by atoms with Gasteiger partial charge in [-0.05, 0) is 50.8 Å². The minimum Gasteiger partial charge on any atom is -0.383 e. The fourth-order valence-corrected chi connectivity index (χ4v) is 3.26. The first-order valence-corrected chi connectivity index (χ1v) is 9.39. The third-order valence-corrected chi connectivity index (χ3v) is 4.93. The molecule has 0 unspecified atom stereocenters. The fourth-order valence-electron chi connectivity index (χ4n) is 3.26. The Morgan fingerprint density at radius 2 is 2.07 bits per heavy atom. The van der Waals surface area contributed by atoms with Gasteiger partial charge in [0, 0.05) is 29.8 Å². The predicted octanol–water partition coefficient (Wildman–Crippen LogP) is 4.12. The van der Waals surface area contributed by atoms with Crippen LogP contribution in [0.1, 0.15) is 60.6 Å². The van der Waals surface area contributed by atoms with E-state index in [0.29, 0.717) is 45.9 Å². The number of aromatic nitrogens is 3. The maximum Gasteiger partial charge on any atom is 0.163 e. The van der Waals surface area contributed by atoms with E-state index in [0.717, 1.165) is 12.8 Å².